The molecule has 1 aliphatic heterocycles. The maximum atomic E-state index is 12.6. The highest BCUT2D eigenvalue weighted by Crippen LogP contribution is 2.42. The molecule has 0 radical (unpaired) electrons. The fourth-order valence-electron chi connectivity index (χ4n) is 2.49. The molecule has 0 fully saturated rings. The lowest BCUT2D eigenvalue weighted by atomic mass is 10.1. The van der Waals surface area contributed by atoms with Crippen LogP contribution in [-0.2, 0) is 0 Å². The zero-order valence-corrected chi connectivity index (χ0v) is 12.8. The Labute approximate surface area is 127 Å². The molecule has 1 unspecified atom stereocenters. The number of carbonyl (C=O) groups excluding carboxylic acids is 1. The summed E-state index contributed by atoms with van der Waals surface area (Å²) in [5.41, 5.74) is 2.96. The van der Waals surface area contributed by atoms with Gasteiger partial charge in [-0.15, -0.1) is 11.8 Å². The van der Waals surface area contributed by atoms with Gasteiger partial charge < -0.3 is 9.64 Å². The third-order valence-electron chi connectivity index (χ3n) is 3.55. The van der Waals surface area contributed by atoms with Crippen LogP contribution < -0.4 is 9.64 Å². The molecule has 1 amide bonds. The number of pyridine rings is 2. The zero-order chi connectivity index (χ0) is 15.0. The minimum absolute atomic E-state index is 0.0668. The van der Waals surface area contributed by atoms with Crippen LogP contribution in [-0.4, -0.2) is 36.3 Å². The number of aromatic nitrogens is 2. The minimum Gasteiger partial charge on any atom is -0.481 e. The molecule has 21 heavy (non-hydrogen) atoms. The molecule has 0 aliphatic carbocycles. The number of carbonyl (C=O) groups is 1. The van der Waals surface area contributed by atoms with Gasteiger partial charge >= 0.3 is 0 Å². The molecule has 0 N–H and O–H groups in total. The van der Waals surface area contributed by atoms with Gasteiger partial charge in [-0.3, -0.25) is 9.78 Å². The van der Waals surface area contributed by atoms with Crippen molar-refractivity contribution in [3.05, 3.63) is 47.4 Å². The zero-order valence-electron chi connectivity index (χ0n) is 12.0. The number of rotatable bonds is 2. The Kier molecular flexibility index (Phi) is 3.55. The van der Waals surface area contributed by atoms with E-state index in [1.165, 1.54) is 0 Å². The summed E-state index contributed by atoms with van der Waals surface area (Å²) in [4.78, 5) is 23.2. The molecule has 0 saturated heterocycles. The number of anilines is 1. The maximum Gasteiger partial charge on any atom is 0.259 e. The predicted octanol–water partition coefficient (Wildman–Crippen LogP) is 2.53. The number of nitrogens with zero attached hydrogens (tertiary/aromatic N) is 3. The largest absolute Gasteiger partial charge is 0.481 e. The van der Waals surface area contributed by atoms with Gasteiger partial charge in [0.2, 0.25) is 5.88 Å². The summed E-state index contributed by atoms with van der Waals surface area (Å²) in [6, 6.07) is 7.23. The first-order valence-corrected chi connectivity index (χ1v) is 7.77. The Morgan fingerprint density at radius 1 is 1.29 bits per heavy atom. The van der Waals surface area contributed by atoms with E-state index in [0.717, 1.165) is 17.1 Å². The van der Waals surface area contributed by atoms with Gasteiger partial charge in [0, 0.05) is 19.3 Å². The summed E-state index contributed by atoms with van der Waals surface area (Å²) in [6.07, 6.45) is 3.70. The lowest BCUT2D eigenvalue weighted by Gasteiger charge is -2.19. The van der Waals surface area contributed by atoms with Crippen LogP contribution in [0.4, 0.5) is 5.69 Å². The molecule has 0 spiro atoms. The van der Waals surface area contributed by atoms with Crippen molar-refractivity contribution in [3.8, 4) is 5.88 Å². The predicted molar refractivity (Wildman–Crippen MR) is 83.1 cm³/mol. The average Bonchev–Trinajstić information content (AvgIpc) is 2.62. The van der Waals surface area contributed by atoms with Crippen molar-refractivity contribution in [1.29, 1.82) is 0 Å². The van der Waals surface area contributed by atoms with Crippen LogP contribution >= 0.6 is 11.8 Å². The number of amides is 1. The summed E-state index contributed by atoms with van der Waals surface area (Å²) >= 11 is 1.61. The number of thioether (sulfide) groups is 1. The van der Waals surface area contributed by atoms with Crippen molar-refractivity contribution < 1.29 is 9.53 Å². The Balaban J connectivity index is 2.29. The van der Waals surface area contributed by atoms with Crippen LogP contribution in [0.1, 0.15) is 27.0 Å². The fraction of sp³-hybridized carbons (Fsp3) is 0.267. The minimum atomic E-state index is -0.0970. The molecule has 108 valence electrons. The molecular formula is C15H15N3O2S. The summed E-state index contributed by atoms with van der Waals surface area (Å²) in [5.74, 6) is 0.468. The molecule has 3 rings (SSSR count). The first-order chi connectivity index (χ1) is 10.2. The van der Waals surface area contributed by atoms with Crippen LogP contribution in [0.3, 0.4) is 0 Å². The van der Waals surface area contributed by atoms with E-state index in [0.29, 0.717) is 11.4 Å². The first-order valence-electron chi connectivity index (χ1n) is 6.48. The van der Waals surface area contributed by atoms with Crippen molar-refractivity contribution in [3.63, 3.8) is 0 Å². The molecular weight excluding hydrogens is 286 g/mol. The maximum absolute atomic E-state index is 12.6. The lowest BCUT2D eigenvalue weighted by molar-refractivity contribution is 0.0992. The Morgan fingerprint density at radius 2 is 2.10 bits per heavy atom. The van der Waals surface area contributed by atoms with Crippen molar-refractivity contribution in [2.24, 2.45) is 0 Å². The molecule has 2 aromatic heterocycles. The van der Waals surface area contributed by atoms with E-state index in [4.69, 9.17) is 4.74 Å². The molecule has 0 bridgehead atoms. The van der Waals surface area contributed by atoms with Crippen molar-refractivity contribution in [2.75, 3.05) is 25.3 Å². The molecule has 0 aromatic carbocycles. The van der Waals surface area contributed by atoms with Gasteiger partial charge in [0.1, 0.15) is 0 Å². The summed E-state index contributed by atoms with van der Waals surface area (Å²) in [7, 11) is 3.34. The van der Waals surface area contributed by atoms with Gasteiger partial charge in [-0.1, -0.05) is 0 Å². The highest BCUT2D eigenvalue weighted by atomic mass is 32.2. The van der Waals surface area contributed by atoms with Crippen LogP contribution in [0, 0.1) is 0 Å². The topological polar surface area (TPSA) is 55.3 Å². The van der Waals surface area contributed by atoms with Crippen molar-refractivity contribution in [1.82, 2.24) is 9.97 Å². The van der Waals surface area contributed by atoms with Gasteiger partial charge in [0.15, 0.2) is 0 Å². The second-order valence-electron chi connectivity index (χ2n) is 4.67. The highest BCUT2D eigenvalue weighted by Gasteiger charge is 2.32. The standard InChI is InChI=1S/C15H15N3O2S/c1-18-10-6-7-11(20-2)17-13(10)14(21-3)12-9(15(18)19)5-4-8-16-12/h4-8,14H,1-3H3. The van der Waals surface area contributed by atoms with E-state index in [2.05, 4.69) is 9.97 Å². The Hall–Kier alpha value is -2.08. The smallest absolute Gasteiger partial charge is 0.259 e. The van der Waals surface area contributed by atoms with E-state index in [1.54, 1.807) is 49.1 Å². The van der Waals surface area contributed by atoms with E-state index < -0.39 is 0 Å². The van der Waals surface area contributed by atoms with Gasteiger partial charge in [-0.25, -0.2) is 4.98 Å². The first kappa shape index (κ1) is 13.9. The Bertz CT molecular complexity index is 705. The van der Waals surface area contributed by atoms with Crippen LogP contribution in [0.2, 0.25) is 0 Å². The van der Waals surface area contributed by atoms with E-state index in [-0.39, 0.29) is 11.2 Å². The van der Waals surface area contributed by atoms with Gasteiger partial charge in [0.05, 0.1) is 35.0 Å². The molecule has 5 nitrogen and oxygen atoms in total. The van der Waals surface area contributed by atoms with Crippen LogP contribution in [0.5, 0.6) is 5.88 Å². The number of fused-ring (bicyclic) bond motifs is 2. The normalized spacial score (nSPS) is 17.0. The van der Waals surface area contributed by atoms with E-state index in [1.807, 2.05) is 18.4 Å². The lowest BCUT2D eigenvalue weighted by Crippen LogP contribution is -2.26. The summed E-state index contributed by atoms with van der Waals surface area (Å²) in [5, 5.41) is -0.0970. The molecule has 1 aliphatic rings. The SMILES string of the molecule is COc1ccc2c(n1)C(SC)c1ncccc1C(=O)N2C. The van der Waals surface area contributed by atoms with Crippen LogP contribution in [0.15, 0.2) is 30.5 Å². The second-order valence-corrected chi connectivity index (χ2v) is 5.62. The van der Waals surface area contributed by atoms with Gasteiger partial charge in [-0.05, 0) is 24.5 Å². The molecule has 3 heterocycles. The van der Waals surface area contributed by atoms with E-state index >= 15 is 0 Å². The number of hydrogen-bond acceptors (Lipinski definition) is 5. The number of methoxy groups -OCH3 is 1. The molecule has 6 heteroatoms. The van der Waals surface area contributed by atoms with E-state index in [9.17, 15) is 4.79 Å². The van der Waals surface area contributed by atoms with Gasteiger partial charge in [-0.2, -0.15) is 0 Å². The highest BCUT2D eigenvalue weighted by molar-refractivity contribution is 7.99. The van der Waals surface area contributed by atoms with Gasteiger partial charge in [0.25, 0.3) is 5.91 Å². The van der Waals surface area contributed by atoms with Crippen LogP contribution in [0.25, 0.3) is 0 Å². The third kappa shape index (κ3) is 2.15. The van der Waals surface area contributed by atoms with Crippen molar-refractivity contribution >= 4 is 23.4 Å². The molecule has 2 aromatic rings. The monoisotopic (exact) mass is 301 g/mol. The average molecular weight is 301 g/mol. The quantitative estimate of drug-likeness (QED) is 0.853. The Morgan fingerprint density at radius 3 is 2.81 bits per heavy atom. The molecule has 0 saturated carbocycles. The number of hydrogen-bond donors (Lipinski definition) is 0. The second kappa shape index (κ2) is 5.37. The fourth-order valence-corrected chi connectivity index (χ4v) is 3.30. The number of ether oxygens (including phenoxy) is 1. The summed E-state index contributed by atoms with van der Waals surface area (Å²) in [6.45, 7) is 0. The third-order valence-corrected chi connectivity index (χ3v) is 4.47. The molecule has 1 atom stereocenters. The summed E-state index contributed by atoms with van der Waals surface area (Å²) < 4.78 is 5.22. The van der Waals surface area contributed by atoms with Crippen molar-refractivity contribution in [2.45, 2.75) is 5.25 Å².